The van der Waals surface area contributed by atoms with Crippen molar-refractivity contribution in [3.05, 3.63) is 60.1 Å². The summed E-state index contributed by atoms with van der Waals surface area (Å²) in [6.07, 6.45) is 12.8. The minimum absolute atomic E-state index is 0.598. The summed E-state index contributed by atoms with van der Waals surface area (Å²) in [4.78, 5) is 4.34. The van der Waals surface area contributed by atoms with E-state index < -0.39 is 0 Å². The third-order valence-electron chi connectivity index (χ3n) is 4.39. The number of para-hydroxylation sites is 1. The fraction of sp³-hybridized carbons (Fsp3) is 0.435. The Bertz CT molecular complexity index is 736. The maximum Gasteiger partial charge on any atom is 0.129 e. The summed E-state index contributed by atoms with van der Waals surface area (Å²) in [6.45, 7) is 10.3. The fourth-order valence-electron chi connectivity index (χ4n) is 2.82. The molecule has 0 aliphatic heterocycles. The second-order valence-electron chi connectivity index (χ2n) is 7.00. The largest absolute Gasteiger partial charge is 0.489 e. The highest BCUT2D eigenvalue weighted by atomic mass is 16.5. The van der Waals surface area contributed by atoms with Gasteiger partial charge in [-0.2, -0.15) is 0 Å². The lowest BCUT2D eigenvalue weighted by Crippen LogP contribution is -2.01. The SMILES string of the molecule is CCCCn1cncc1-c1ccccc1OC/C=C(\C)CCC=C(C)C. The maximum absolute atomic E-state index is 6.09. The molecule has 0 unspecified atom stereocenters. The molecule has 0 amide bonds. The van der Waals surface area contributed by atoms with E-state index in [9.17, 15) is 0 Å². The van der Waals surface area contributed by atoms with Crippen LogP contribution < -0.4 is 4.74 Å². The third-order valence-corrected chi connectivity index (χ3v) is 4.39. The molecule has 0 N–H and O–H groups in total. The summed E-state index contributed by atoms with van der Waals surface area (Å²) < 4.78 is 8.30. The van der Waals surface area contributed by atoms with Crippen molar-refractivity contribution in [2.24, 2.45) is 0 Å². The van der Waals surface area contributed by atoms with Gasteiger partial charge in [-0.15, -0.1) is 0 Å². The Hall–Kier alpha value is -2.29. The monoisotopic (exact) mass is 352 g/mol. The molecule has 140 valence electrons. The van der Waals surface area contributed by atoms with E-state index in [4.69, 9.17) is 4.74 Å². The Morgan fingerprint density at radius 3 is 2.73 bits per heavy atom. The first-order chi connectivity index (χ1) is 12.6. The van der Waals surface area contributed by atoms with Gasteiger partial charge in [-0.25, -0.2) is 4.98 Å². The number of hydrogen-bond donors (Lipinski definition) is 0. The van der Waals surface area contributed by atoms with Gasteiger partial charge in [0.15, 0.2) is 0 Å². The van der Waals surface area contributed by atoms with Crippen molar-refractivity contribution in [1.82, 2.24) is 9.55 Å². The zero-order chi connectivity index (χ0) is 18.8. The van der Waals surface area contributed by atoms with Crippen molar-refractivity contribution in [3.8, 4) is 17.0 Å². The van der Waals surface area contributed by atoms with Crippen LogP contribution in [-0.2, 0) is 6.54 Å². The molecule has 0 saturated heterocycles. The van der Waals surface area contributed by atoms with E-state index in [1.165, 1.54) is 17.6 Å². The van der Waals surface area contributed by atoms with Crippen molar-refractivity contribution in [3.63, 3.8) is 0 Å². The van der Waals surface area contributed by atoms with Gasteiger partial charge in [0.1, 0.15) is 12.4 Å². The van der Waals surface area contributed by atoms with Crippen LogP contribution in [0.25, 0.3) is 11.3 Å². The van der Waals surface area contributed by atoms with E-state index in [-0.39, 0.29) is 0 Å². The van der Waals surface area contributed by atoms with Crippen LogP contribution in [0.1, 0.15) is 53.4 Å². The Balaban J connectivity index is 2.03. The number of benzene rings is 1. The minimum Gasteiger partial charge on any atom is -0.489 e. The van der Waals surface area contributed by atoms with Crippen LogP contribution >= 0.6 is 0 Å². The molecule has 2 aromatic rings. The molecular weight excluding hydrogens is 320 g/mol. The zero-order valence-electron chi connectivity index (χ0n) is 16.7. The van der Waals surface area contributed by atoms with E-state index in [0.717, 1.165) is 42.8 Å². The van der Waals surface area contributed by atoms with Gasteiger partial charge in [-0.3, -0.25) is 0 Å². The molecule has 0 radical (unpaired) electrons. The van der Waals surface area contributed by atoms with E-state index in [1.807, 2.05) is 24.7 Å². The molecule has 1 aromatic carbocycles. The number of nitrogens with zero attached hydrogens (tertiary/aromatic N) is 2. The second kappa shape index (κ2) is 10.6. The minimum atomic E-state index is 0.598. The normalized spacial score (nSPS) is 11.5. The van der Waals surface area contributed by atoms with Gasteiger partial charge in [0.25, 0.3) is 0 Å². The first-order valence-electron chi connectivity index (χ1n) is 9.63. The number of imidazole rings is 1. The molecule has 1 aromatic heterocycles. The Morgan fingerprint density at radius 2 is 1.96 bits per heavy atom. The van der Waals surface area contributed by atoms with Gasteiger partial charge >= 0.3 is 0 Å². The highest BCUT2D eigenvalue weighted by molar-refractivity contribution is 5.67. The maximum atomic E-state index is 6.09. The molecule has 0 bridgehead atoms. The average Bonchev–Trinajstić information content (AvgIpc) is 3.08. The van der Waals surface area contributed by atoms with Gasteiger partial charge in [-0.05, 0) is 58.2 Å². The second-order valence-corrected chi connectivity index (χ2v) is 7.00. The third kappa shape index (κ3) is 6.21. The van der Waals surface area contributed by atoms with Crippen LogP contribution in [0.4, 0.5) is 0 Å². The van der Waals surface area contributed by atoms with Gasteiger partial charge in [-0.1, -0.05) is 42.7 Å². The molecule has 0 fully saturated rings. The van der Waals surface area contributed by atoms with Gasteiger partial charge < -0.3 is 9.30 Å². The number of hydrogen-bond acceptors (Lipinski definition) is 2. The fourth-order valence-corrected chi connectivity index (χ4v) is 2.82. The molecule has 0 aliphatic rings. The number of rotatable bonds is 10. The number of aromatic nitrogens is 2. The van der Waals surface area contributed by atoms with Crippen LogP contribution in [0.3, 0.4) is 0 Å². The first kappa shape index (κ1) is 20.0. The van der Waals surface area contributed by atoms with Crippen molar-refractivity contribution >= 4 is 0 Å². The molecule has 2 rings (SSSR count). The molecule has 3 nitrogen and oxygen atoms in total. The van der Waals surface area contributed by atoms with Crippen LogP contribution in [0.2, 0.25) is 0 Å². The van der Waals surface area contributed by atoms with Gasteiger partial charge in [0.2, 0.25) is 0 Å². The Morgan fingerprint density at radius 1 is 1.15 bits per heavy atom. The summed E-state index contributed by atoms with van der Waals surface area (Å²) in [5.41, 5.74) is 4.98. The standard InChI is InChI=1S/C23H32N2O/c1-5-6-15-25-18-24-17-22(25)21-12-7-8-13-23(21)26-16-14-20(4)11-9-10-19(2)3/h7-8,10,12-14,17-18H,5-6,9,11,15-16H2,1-4H3/b20-14+. The molecule has 0 atom stereocenters. The van der Waals surface area contributed by atoms with Crippen LogP contribution in [0, 0.1) is 0 Å². The molecule has 0 spiro atoms. The van der Waals surface area contributed by atoms with E-state index in [1.54, 1.807) is 0 Å². The number of ether oxygens (including phenoxy) is 1. The molecular formula is C23H32N2O. The lowest BCUT2D eigenvalue weighted by atomic mass is 10.1. The van der Waals surface area contributed by atoms with Crippen LogP contribution in [0.15, 0.2) is 60.1 Å². The number of unbranched alkanes of at least 4 members (excludes halogenated alkanes) is 1. The molecule has 26 heavy (non-hydrogen) atoms. The summed E-state index contributed by atoms with van der Waals surface area (Å²) in [5, 5.41) is 0. The number of aryl methyl sites for hydroxylation is 1. The Labute approximate surface area is 158 Å². The molecule has 0 aliphatic carbocycles. The lowest BCUT2D eigenvalue weighted by Gasteiger charge is -2.12. The van der Waals surface area contributed by atoms with Crippen molar-refractivity contribution < 1.29 is 4.74 Å². The van der Waals surface area contributed by atoms with Crippen LogP contribution in [0.5, 0.6) is 5.75 Å². The quantitative estimate of drug-likeness (QED) is 0.461. The van der Waals surface area contributed by atoms with Crippen molar-refractivity contribution in [2.75, 3.05) is 6.61 Å². The topological polar surface area (TPSA) is 27.1 Å². The highest BCUT2D eigenvalue weighted by Crippen LogP contribution is 2.30. The lowest BCUT2D eigenvalue weighted by molar-refractivity contribution is 0.363. The molecule has 3 heteroatoms. The van der Waals surface area contributed by atoms with E-state index in [2.05, 4.69) is 61.5 Å². The van der Waals surface area contributed by atoms with Gasteiger partial charge in [0.05, 0.1) is 18.2 Å². The summed E-state index contributed by atoms with van der Waals surface area (Å²) in [7, 11) is 0. The summed E-state index contributed by atoms with van der Waals surface area (Å²) in [5.74, 6) is 0.916. The number of allylic oxidation sites excluding steroid dienone is 3. The average molecular weight is 353 g/mol. The molecule has 1 heterocycles. The summed E-state index contributed by atoms with van der Waals surface area (Å²) in [6, 6.07) is 8.23. The summed E-state index contributed by atoms with van der Waals surface area (Å²) >= 11 is 0. The van der Waals surface area contributed by atoms with Crippen molar-refractivity contribution in [1.29, 1.82) is 0 Å². The highest BCUT2D eigenvalue weighted by Gasteiger charge is 2.10. The Kier molecular flexibility index (Phi) is 8.20. The van der Waals surface area contributed by atoms with E-state index >= 15 is 0 Å². The predicted octanol–water partition coefficient (Wildman–Crippen LogP) is 6.42. The smallest absolute Gasteiger partial charge is 0.129 e. The van der Waals surface area contributed by atoms with E-state index in [0.29, 0.717) is 6.61 Å². The van der Waals surface area contributed by atoms with Crippen LogP contribution in [-0.4, -0.2) is 16.2 Å². The first-order valence-corrected chi connectivity index (χ1v) is 9.63. The zero-order valence-corrected chi connectivity index (χ0v) is 16.7. The van der Waals surface area contributed by atoms with Gasteiger partial charge in [0, 0.05) is 12.1 Å². The van der Waals surface area contributed by atoms with Crippen molar-refractivity contribution in [2.45, 2.75) is 59.9 Å². The molecule has 0 saturated carbocycles. The predicted molar refractivity (Wildman–Crippen MR) is 110 cm³/mol.